The molecule has 0 aliphatic rings. The lowest BCUT2D eigenvalue weighted by Gasteiger charge is -1.94. The maximum absolute atomic E-state index is 10.8. The molecule has 66 valence electrons. The molecule has 2 heterocycles. The van der Waals surface area contributed by atoms with Crippen LogP contribution in [0.15, 0.2) is 44.2 Å². The molecule has 0 saturated heterocycles. The molecule has 0 aliphatic heterocycles. The Hall–Kier alpha value is -1.97. The van der Waals surface area contributed by atoms with E-state index in [9.17, 15) is 4.79 Å². The van der Waals surface area contributed by atoms with Crippen LogP contribution in [0.1, 0.15) is 0 Å². The third kappa shape index (κ3) is 1.46. The summed E-state index contributed by atoms with van der Waals surface area (Å²) in [5.74, 6) is 0.491. The fourth-order valence-corrected chi connectivity index (χ4v) is 1.00. The van der Waals surface area contributed by atoms with E-state index >= 15 is 0 Å². The summed E-state index contributed by atoms with van der Waals surface area (Å²) in [4.78, 5) is 10.8. The van der Waals surface area contributed by atoms with Gasteiger partial charge in [-0.1, -0.05) is 0 Å². The van der Waals surface area contributed by atoms with Crippen LogP contribution in [-0.2, 0) is 0 Å². The zero-order valence-corrected chi connectivity index (χ0v) is 6.56. The van der Waals surface area contributed by atoms with Gasteiger partial charge in [0.1, 0.15) is 5.75 Å². The second-order valence-corrected chi connectivity index (χ2v) is 2.48. The lowest BCUT2D eigenvalue weighted by atomic mass is 10.3. The summed E-state index contributed by atoms with van der Waals surface area (Å²) in [6, 6.07) is 5.61. The molecule has 0 unspecified atom stereocenters. The summed E-state index contributed by atoms with van der Waals surface area (Å²) in [5, 5.41) is 9.09. The van der Waals surface area contributed by atoms with Gasteiger partial charge in [-0.15, -0.1) is 0 Å². The topological polar surface area (TPSA) is 63.6 Å². The van der Waals surface area contributed by atoms with E-state index in [0.717, 1.165) is 6.07 Å². The molecule has 0 saturated carbocycles. The second-order valence-electron chi connectivity index (χ2n) is 2.48. The standard InChI is InChI=1S/C9H6O4/c10-6-4-8(13-9(11)5-6)7-2-1-3-12-7/h1-5,10H. The molecule has 0 spiro atoms. The first-order valence-corrected chi connectivity index (χ1v) is 3.64. The lowest BCUT2D eigenvalue weighted by Crippen LogP contribution is -1.95. The summed E-state index contributed by atoms with van der Waals surface area (Å²) < 4.78 is 9.78. The predicted molar refractivity (Wildman–Crippen MR) is 44.3 cm³/mol. The third-order valence-electron chi connectivity index (χ3n) is 1.52. The van der Waals surface area contributed by atoms with Gasteiger partial charge in [0.15, 0.2) is 11.5 Å². The first kappa shape index (κ1) is 7.67. The molecule has 0 fully saturated rings. The summed E-state index contributed by atoms with van der Waals surface area (Å²) >= 11 is 0. The monoisotopic (exact) mass is 178 g/mol. The second kappa shape index (κ2) is 2.82. The van der Waals surface area contributed by atoms with Crippen molar-refractivity contribution >= 4 is 0 Å². The van der Waals surface area contributed by atoms with E-state index in [4.69, 9.17) is 13.9 Å². The molecular weight excluding hydrogens is 172 g/mol. The average molecular weight is 178 g/mol. The molecule has 0 bridgehead atoms. The Bertz CT molecular complexity index is 453. The van der Waals surface area contributed by atoms with E-state index in [1.165, 1.54) is 12.3 Å². The fraction of sp³-hybridized carbons (Fsp3) is 0. The molecule has 4 nitrogen and oxygen atoms in total. The van der Waals surface area contributed by atoms with Crippen LogP contribution in [0, 0.1) is 0 Å². The van der Waals surface area contributed by atoms with Crippen LogP contribution in [-0.4, -0.2) is 5.11 Å². The molecule has 2 aromatic heterocycles. The van der Waals surface area contributed by atoms with Crippen molar-refractivity contribution in [3.63, 3.8) is 0 Å². The minimum Gasteiger partial charge on any atom is -0.508 e. The minimum absolute atomic E-state index is 0.136. The molecule has 2 aromatic rings. The van der Waals surface area contributed by atoms with E-state index in [2.05, 4.69) is 0 Å². The summed E-state index contributed by atoms with van der Waals surface area (Å²) in [6.45, 7) is 0. The van der Waals surface area contributed by atoms with Crippen LogP contribution < -0.4 is 5.63 Å². The molecule has 13 heavy (non-hydrogen) atoms. The van der Waals surface area contributed by atoms with Gasteiger partial charge in [0.2, 0.25) is 0 Å². The van der Waals surface area contributed by atoms with Crippen LogP contribution in [0.25, 0.3) is 11.5 Å². The van der Waals surface area contributed by atoms with Gasteiger partial charge in [-0.25, -0.2) is 4.79 Å². The Morgan fingerprint density at radius 3 is 2.69 bits per heavy atom. The number of furan rings is 1. The number of rotatable bonds is 1. The molecule has 4 heteroatoms. The highest BCUT2D eigenvalue weighted by Crippen LogP contribution is 2.21. The van der Waals surface area contributed by atoms with Crippen LogP contribution in [0.2, 0.25) is 0 Å². The molecule has 2 rings (SSSR count). The molecule has 1 N–H and O–H groups in total. The van der Waals surface area contributed by atoms with Crippen molar-refractivity contribution in [2.75, 3.05) is 0 Å². The fourth-order valence-electron chi connectivity index (χ4n) is 1.00. The molecule has 0 aromatic carbocycles. The van der Waals surface area contributed by atoms with E-state index in [1.54, 1.807) is 12.1 Å². The molecule has 0 radical (unpaired) electrons. The minimum atomic E-state index is -0.605. The van der Waals surface area contributed by atoms with Gasteiger partial charge in [0.25, 0.3) is 0 Å². The first-order valence-electron chi connectivity index (χ1n) is 3.64. The van der Waals surface area contributed by atoms with Gasteiger partial charge in [0, 0.05) is 6.07 Å². The van der Waals surface area contributed by atoms with E-state index in [-0.39, 0.29) is 11.5 Å². The number of aromatic hydroxyl groups is 1. The maximum atomic E-state index is 10.8. The van der Waals surface area contributed by atoms with E-state index in [1.807, 2.05) is 0 Å². The first-order chi connectivity index (χ1) is 6.25. The van der Waals surface area contributed by atoms with Gasteiger partial charge in [-0.3, -0.25) is 0 Å². The summed E-state index contributed by atoms with van der Waals surface area (Å²) in [7, 11) is 0. The quantitative estimate of drug-likeness (QED) is 0.720. The van der Waals surface area contributed by atoms with Crippen molar-refractivity contribution in [3.05, 3.63) is 40.9 Å². The highest BCUT2D eigenvalue weighted by molar-refractivity contribution is 5.50. The van der Waals surface area contributed by atoms with Crippen molar-refractivity contribution in [3.8, 4) is 17.3 Å². The highest BCUT2D eigenvalue weighted by Gasteiger charge is 2.05. The van der Waals surface area contributed by atoms with E-state index < -0.39 is 5.63 Å². The highest BCUT2D eigenvalue weighted by atomic mass is 16.4. The van der Waals surface area contributed by atoms with Crippen LogP contribution in [0.5, 0.6) is 5.75 Å². The third-order valence-corrected chi connectivity index (χ3v) is 1.52. The normalized spacial score (nSPS) is 10.2. The Labute approximate surface area is 73.0 Å². The number of hydrogen-bond acceptors (Lipinski definition) is 4. The Kier molecular flexibility index (Phi) is 1.66. The molecule has 0 atom stereocenters. The number of hydrogen-bond donors (Lipinski definition) is 1. The van der Waals surface area contributed by atoms with Crippen LogP contribution >= 0.6 is 0 Å². The summed E-state index contributed by atoms with van der Waals surface area (Å²) in [5.41, 5.74) is -0.605. The Morgan fingerprint density at radius 2 is 2.08 bits per heavy atom. The van der Waals surface area contributed by atoms with Crippen LogP contribution in [0.3, 0.4) is 0 Å². The zero-order chi connectivity index (χ0) is 9.26. The zero-order valence-electron chi connectivity index (χ0n) is 6.56. The van der Waals surface area contributed by atoms with Gasteiger partial charge < -0.3 is 13.9 Å². The lowest BCUT2D eigenvalue weighted by molar-refractivity contribution is 0.444. The summed E-state index contributed by atoms with van der Waals surface area (Å²) in [6.07, 6.45) is 1.46. The largest absolute Gasteiger partial charge is 0.508 e. The SMILES string of the molecule is O=c1cc(O)cc(-c2ccco2)o1. The smallest absolute Gasteiger partial charge is 0.340 e. The van der Waals surface area contributed by atoms with Crippen molar-refractivity contribution < 1.29 is 13.9 Å². The van der Waals surface area contributed by atoms with Crippen molar-refractivity contribution in [1.29, 1.82) is 0 Å². The average Bonchev–Trinajstić information content (AvgIpc) is 2.53. The molecular formula is C9H6O4. The van der Waals surface area contributed by atoms with Gasteiger partial charge in [-0.05, 0) is 12.1 Å². The van der Waals surface area contributed by atoms with Gasteiger partial charge in [0.05, 0.1) is 12.3 Å². The molecule has 0 aliphatic carbocycles. The van der Waals surface area contributed by atoms with Gasteiger partial charge >= 0.3 is 5.63 Å². The van der Waals surface area contributed by atoms with Crippen molar-refractivity contribution in [2.24, 2.45) is 0 Å². The van der Waals surface area contributed by atoms with Gasteiger partial charge in [-0.2, -0.15) is 0 Å². The molecule has 0 amide bonds. The van der Waals surface area contributed by atoms with Crippen molar-refractivity contribution in [2.45, 2.75) is 0 Å². The predicted octanol–water partition coefficient (Wildman–Crippen LogP) is 1.61. The van der Waals surface area contributed by atoms with Crippen LogP contribution in [0.4, 0.5) is 0 Å². The maximum Gasteiger partial charge on any atom is 0.340 e. The van der Waals surface area contributed by atoms with Crippen molar-refractivity contribution in [1.82, 2.24) is 0 Å². The Balaban J connectivity index is 2.59. The van der Waals surface area contributed by atoms with E-state index in [0.29, 0.717) is 5.76 Å². The Morgan fingerprint density at radius 1 is 1.23 bits per heavy atom.